The molecule has 0 aliphatic carbocycles. The molecule has 116 valence electrons. The van der Waals surface area contributed by atoms with Crippen molar-refractivity contribution in [3.05, 3.63) is 64.3 Å². The third-order valence-corrected chi connectivity index (χ3v) is 3.87. The first-order valence-corrected chi connectivity index (χ1v) is 7.03. The molecule has 0 bridgehead atoms. The van der Waals surface area contributed by atoms with Gasteiger partial charge in [-0.25, -0.2) is 0 Å². The van der Waals surface area contributed by atoms with E-state index in [1.54, 1.807) is 16.7 Å². The van der Waals surface area contributed by atoms with E-state index in [4.69, 9.17) is 5.11 Å². The lowest BCUT2D eigenvalue weighted by atomic mass is 10.0. The zero-order valence-corrected chi connectivity index (χ0v) is 12.4. The topological polar surface area (TPSA) is 85.4 Å². The molecule has 0 amide bonds. The van der Waals surface area contributed by atoms with Gasteiger partial charge in [-0.05, 0) is 18.6 Å². The fourth-order valence-electron chi connectivity index (χ4n) is 2.91. The number of non-ortho nitro benzene ring substituents is 1. The first-order valence-electron chi connectivity index (χ1n) is 7.03. The molecule has 0 spiro atoms. The average Bonchev–Trinajstić information content (AvgIpc) is 2.79. The van der Waals surface area contributed by atoms with Gasteiger partial charge in [-0.2, -0.15) is 0 Å². The Balaban J connectivity index is 2.29. The molecule has 1 N–H and O–H groups in total. The first-order chi connectivity index (χ1) is 11.0. The zero-order valence-electron chi connectivity index (χ0n) is 12.4. The molecule has 1 heterocycles. The Hall–Kier alpha value is -3.15. The van der Waals surface area contributed by atoms with Gasteiger partial charge in [0.15, 0.2) is 0 Å². The maximum absolute atomic E-state index is 11.1. The number of rotatable bonds is 4. The van der Waals surface area contributed by atoms with Crippen molar-refractivity contribution in [2.45, 2.75) is 13.5 Å². The number of benzene rings is 2. The summed E-state index contributed by atoms with van der Waals surface area (Å²) in [5.74, 6) is -0.931. The Morgan fingerprint density at radius 1 is 1.22 bits per heavy atom. The number of aliphatic carboxylic acids is 1. The number of aromatic nitrogens is 1. The Kier molecular flexibility index (Phi) is 3.57. The summed E-state index contributed by atoms with van der Waals surface area (Å²) in [5.41, 5.74) is 3.11. The Bertz CT molecular complexity index is 927. The Morgan fingerprint density at radius 2 is 1.96 bits per heavy atom. The number of para-hydroxylation sites is 1. The van der Waals surface area contributed by atoms with E-state index in [-0.39, 0.29) is 12.2 Å². The van der Waals surface area contributed by atoms with Crippen molar-refractivity contribution in [1.82, 2.24) is 4.57 Å². The van der Waals surface area contributed by atoms with Gasteiger partial charge in [0.05, 0.1) is 4.92 Å². The molecule has 0 fully saturated rings. The molecule has 0 aliphatic heterocycles. The predicted molar refractivity (Wildman–Crippen MR) is 86.4 cm³/mol. The number of nitrogens with zero attached hydrogens (tertiary/aromatic N) is 2. The van der Waals surface area contributed by atoms with Crippen molar-refractivity contribution in [3.8, 4) is 11.1 Å². The first kappa shape index (κ1) is 14.8. The maximum Gasteiger partial charge on any atom is 0.323 e. The highest BCUT2D eigenvalue weighted by Crippen LogP contribution is 2.35. The molecule has 6 nitrogen and oxygen atoms in total. The molecule has 1 aromatic heterocycles. The van der Waals surface area contributed by atoms with Crippen LogP contribution in [0.4, 0.5) is 5.69 Å². The number of nitro groups is 1. The van der Waals surface area contributed by atoms with Crippen LogP contribution in [0.5, 0.6) is 0 Å². The summed E-state index contributed by atoms with van der Waals surface area (Å²) in [6.45, 7) is 1.68. The second-order valence-electron chi connectivity index (χ2n) is 5.26. The molecule has 0 atom stereocenters. The smallest absolute Gasteiger partial charge is 0.323 e. The number of carboxylic acids is 1. The fraction of sp³-hybridized carbons (Fsp3) is 0.118. The van der Waals surface area contributed by atoms with Crippen LogP contribution in [0, 0.1) is 17.0 Å². The van der Waals surface area contributed by atoms with Crippen LogP contribution in [0.1, 0.15) is 5.69 Å². The van der Waals surface area contributed by atoms with E-state index in [1.165, 1.54) is 12.1 Å². The highest BCUT2D eigenvalue weighted by Gasteiger charge is 2.18. The summed E-state index contributed by atoms with van der Waals surface area (Å²) in [5, 5.41) is 21.0. The lowest BCUT2D eigenvalue weighted by molar-refractivity contribution is -0.384. The minimum absolute atomic E-state index is 0.0111. The van der Waals surface area contributed by atoms with Gasteiger partial charge in [0.1, 0.15) is 6.54 Å². The third-order valence-electron chi connectivity index (χ3n) is 3.87. The average molecular weight is 310 g/mol. The number of carboxylic acid groups (broad SMARTS) is 1. The second kappa shape index (κ2) is 5.57. The van der Waals surface area contributed by atoms with Gasteiger partial charge in [-0.3, -0.25) is 14.9 Å². The van der Waals surface area contributed by atoms with Crippen molar-refractivity contribution >= 4 is 22.6 Å². The standard InChI is InChI=1S/C17H14N2O4/c1-11-17(12-5-4-6-13(9-12)19(22)23)14-7-2-3-8-15(14)18(11)10-16(20)21/h2-9H,10H2,1H3,(H,20,21). The van der Waals surface area contributed by atoms with Gasteiger partial charge in [0, 0.05) is 34.3 Å². The van der Waals surface area contributed by atoms with Gasteiger partial charge in [0.25, 0.3) is 5.69 Å². The highest BCUT2D eigenvalue weighted by molar-refractivity contribution is 5.98. The van der Waals surface area contributed by atoms with Crippen LogP contribution in [-0.2, 0) is 11.3 Å². The number of hydrogen-bond donors (Lipinski definition) is 1. The lowest BCUT2D eigenvalue weighted by Gasteiger charge is -2.05. The molecular formula is C17H14N2O4. The summed E-state index contributed by atoms with van der Waals surface area (Å²) in [4.78, 5) is 21.7. The number of hydrogen-bond acceptors (Lipinski definition) is 3. The van der Waals surface area contributed by atoms with Crippen LogP contribution in [-0.4, -0.2) is 20.6 Å². The van der Waals surface area contributed by atoms with Crippen LogP contribution >= 0.6 is 0 Å². The van der Waals surface area contributed by atoms with Crippen LogP contribution in [0.15, 0.2) is 48.5 Å². The van der Waals surface area contributed by atoms with E-state index in [0.717, 1.165) is 22.2 Å². The van der Waals surface area contributed by atoms with Gasteiger partial charge >= 0.3 is 5.97 Å². The van der Waals surface area contributed by atoms with Crippen molar-refractivity contribution in [1.29, 1.82) is 0 Å². The summed E-state index contributed by atoms with van der Waals surface area (Å²) in [7, 11) is 0. The Morgan fingerprint density at radius 3 is 2.65 bits per heavy atom. The minimum atomic E-state index is -0.931. The number of fused-ring (bicyclic) bond motifs is 1. The molecule has 0 aliphatic rings. The van der Waals surface area contributed by atoms with Crippen LogP contribution in [0.25, 0.3) is 22.0 Å². The number of nitro benzene ring substituents is 1. The monoisotopic (exact) mass is 310 g/mol. The largest absolute Gasteiger partial charge is 0.480 e. The van der Waals surface area contributed by atoms with Gasteiger partial charge in [-0.15, -0.1) is 0 Å². The van der Waals surface area contributed by atoms with E-state index >= 15 is 0 Å². The van der Waals surface area contributed by atoms with Crippen molar-refractivity contribution in [3.63, 3.8) is 0 Å². The van der Waals surface area contributed by atoms with Crippen LogP contribution in [0.3, 0.4) is 0 Å². The van der Waals surface area contributed by atoms with E-state index in [2.05, 4.69) is 0 Å². The molecule has 0 saturated heterocycles. The van der Waals surface area contributed by atoms with E-state index in [9.17, 15) is 14.9 Å². The minimum Gasteiger partial charge on any atom is -0.480 e. The predicted octanol–water partition coefficient (Wildman–Crippen LogP) is 3.61. The van der Waals surface area contributed by atoms with Crippen molar-refractivity contribution in [2.75, 3.05) is 0 Å². The van der Waals surface area contributed by atoms with E-state index in [1.807, 2.05) is 31.2 Å². The quantitative estimate of drug-likeness (QED) is 0.589. The van der Waals surface area contributed by atoms with Crippen molar-refractivity contribution in [2.24, 2.45) is 0 Å². The van der Waals surface area contributed by atoms with Crippen LogP contribution < -0.4 is 0 Å². The SMILES string of the molecule is Cc1c(-c2cccc([N+](=O)[O-])c2)c2ccccc2n1CC(=O)O. The lowest BCUT2D eigenvalue weighted by Crippen LogP contribution is -2.09. The molecule has 0 saturated carbocycles. The number of carbonyl (C=O) groups is 1. The van der Waals surface area contributed by atoms with Crippen LogP contribution in [0.2, 0.25) is 0 Å². The summed E-state index contributed by atoms with van der Waals surface area (Å²) < 4.78 is 1.71. The molecule has 3 rings (SSSR count). The van der Waals surface area contributed by atoms with Gasteiger partial charge < -0.3 is 9.67 Å². The molecule has 23 heavy (non-hydrogen) atoms. The van der Waals surface area contributed by atoms with Gasteiger partial charge in [-0.1, -0.05) is 30.3 Å². The second-order valence-corrected chi connectivity index (χ2v) is 5.26. The Labute approximate surface area is 131 Å². The maximum atomic E-state index is 11.1. The molecule has 2 aromatic carbocycles. The molecular weight excluding hydrogens is 296 g/mol. The third kappa shape index (κ3) is 2.55. The van der Waals surface area contributed by atoms with E-state index in [0.29, 0.717) is 5.56 Å². The molecule has 3 aromatic rings. The zero-order chi connectivity index (χ0) is 16.6. The molecule has 6 heteroatoms. The highest BCUT2D eigenvalue weighted by atomic mass is 16.6. The van der Waals surface area contributed by atoms with E-state index < -0.39 is 10.9 Å². The normalized spacial score (nSPS) is 10.8. The van der Waals surface area contributed by atoms with Crippen molar-refractivity contribution < 1.29 is 14.8 Å². The molecule has 0 radical (unpaired) electrons. The summed E-state index contributed by atoms with van der Waals surface area (Å²) >= 11 is 0. The molecule has 0 unspecified atom stereocenters. The van der Waals surface area contributed by atoms with Gasteiger partial charge in [0.2, 0.25) is 0 Å². The summed E-state index contributed by atoms with van der Waals surface area (Å²) in [6.07, 6.45) is 0. The summed E-state index contributed by atoms with van der Waals surface area (Å²) in [6, 6.07) is 13.9. The fourth-order valence-corrected chi connectivity index (χ4v) is 2.91.